The molecule has 0 aromatic heterocycles. The molecule has 7 heteroatoms. The fourth-order valence-corrected chi connectivity index (χ4v) is 1.97. The number of carbonyl (C=O) groups is 2. The molecule has 0 aliphatic heterocycles. The molecule has 0 bridgehead atoms. The van der Waals surface area contributed by atoms with Crippen LogP contribution in [0.25, 0.3) is 0 Å². The van der Waals surface area contributed by atoms with E-state index in [1.165, 1.54) is 7.11 Å². The van der Waals surface area contributed by atoms with E-state index < -0.39 is 30.4 Å². The van der Waals surface area contributed by atoms with Crippen molar-refractivity contribution >= 4 is 12.0 Å². The van der Waals surface area contributed by atoms with Crippen molar-refractivity contribution in [3.63, 3.8) is 0 Å². The SMILES string of the molecule is COC[C@H](C(=O)NCc1ccccc1)N(CO)C(=O)OC(C)(C)C. The Bertz CT molecular complexity index is 528. The predicted molar refractivity (Wildman–Crippen MR) is 89.1 cm³/mol. The normalized spacial score (nSPS) is 12.4. The Kier molecular flexibility index (Phi) is 7.67. The number of ether oxygens (including phenoxy) is 2. The van der Waals surface area contributed by atoms with Gasteiger partial charge in [-0.1, -0.05) is 30.3 Å². The number of aliphatic hydroxyl groups is 1. The molecule has 0 aliphatic rings. The highest BCUT2D eigenvalue weighted by Gasteiger charge is 2.32. The summed E-state index contributed by atoms with van der Waals surface area (Å²) in [5.74, 6) is -0.430. The minimum atomic E-state index is -0.987. The summed E-state index contributed by atoms with van der Waals surface area (Å²) in [7, 11) is 1.42. The highest BCUT2D eigenvalue weighted by atomic mass is 16.6. The van der Waals surface area contributed by atoms with Crippen LogP contribution in [0.3, 0.4) is 0 Å². The largest absolute Gasteiger partial charge is 0.444 e. The second kappa shape index (κ2) is 9.24. The van der Waals surface area contributed by atoms with Crippen molar-refractivity contribution in [2.45, 2.75) is 39.0 Å². The van der Waals surface area contributed by atoms with E-state index in [9.17, 15) is 14.7 Å². The van der Waals surface area contributed by atoms with Crippen LogP contribution in [0.5, 0.6) is 0 Å². The van der Waals surface area contributed by atoms with E-state index >= 15 is 0 Å². The number of aliphatic hydroxyl groups excluding tert-OH is 1. The first-order valence-corrected chi connectivity index (χ1v) is 7.69. The van der Waals surface area contributed by atoms with Gasteiger partial charge in [0.1, 0.15) is 18.4 Å². The van der Waals surface area contributed by atoms with E-state index in [2.05, 4.69) is 5.32 Å². The average Bonchev–Trinajstić information content (AvgIpc) is 2.51. The maximum atomic E-state index is 12.4. The summed E-state index contributed by atoms with van der Waals surface area (Å²) in [5.41, 5.74) is 0.192. The molecule has 0 fully saturated rings. The minimum absolute atomic E-state index is 0.0551. The molecule has 0 unspecified atom stereocenters. The molecule has 0 aliphatic carbocycles. The predicted octanol–water partition coefficient (Wildman–Crippen LogP) is 1.50. The second-order valence-electron chi connectivity index (χ2n) is 6.27. The lowest BCUT2D eigenvalue weighted by Gasteiger charge is -2.31. The minimum Gasteiger partial charge on any atom is -0.444 e. The smallest absolute Gasteiger partial charge is 0.412 e. The van der Waals surface area contributed by atoms with Gasteiger partial charge in [0.25, 0.3) is 0 Å². The van der Waals surface area contributed by atoms with Gasteiger partial charge in [-0.15, -0.1) is 0 Å². The number of nitrogens with one attached hydrogen (secondary N) is 1. The van der Waals surface area contributed by atoms with Gasteiger partial charge in [-0.3, -0.25) is 9.69 Å². The fraction of sp³-hybridized carbons (Fsp3) is 0.529. The van der Waals surface area contributed by atoms with Crippen molar-refractivity contribution in [3.05, 3.63) is 35.9 Å². The summed E-state index contributed by atoms with van der Waals surface area (Å²) in [6, 6.07) is 8.39. The maximum Gasteiger partial charge on any atom is 0.412 e. The van der Waals surface area contributed by atoms with Crippen LogP contribution in [0.2, 0.25) is 0 Å². The lowest BCUT2D eigenvalue weighted by Crippen LogP contribution is -2.53. The number of carbonyl (C=O) groups excluding carboxylic acids is 2. The monoisotopic (exact) mass is 338 g/mol. The molecule has 24 heavy (non-hydrogen) atoms. The molecular weight excluding hydrogens is 312 g/mol. The Morgan fingerprint density at radius 2 is 1.88 bits per heavy atom. The van der Waals surface area contributed by atoms with Crippen LogP contribution >= 0.6 is 0 Å². The van der Waals surface area contributed by atoms with Crippen molar-refractivity contribution in [2.24, 2.45) is 0 Å². The molecule has 0 radical (unpaired) electrons. The van der Waals surface area contributed by atoms with E-state index in [1.54, 1.807) is 20.8 Å². The summed E-state index contributed by atoms with van der Waals surface area (Å²) >= 11 is 0. The van der Waals surface area contributed by atoms with Crippen LogP contribution in [0.1, 0.15) is 26.3 Å². The van der Waals surface area contributed by atoms with E-state index in [0.29, 0.717) is 6.54 Å². The van der Waals surface area contributed by atoms with Gasteiger partial charge in [-0.05, 0) is 26.3 Å². The molecule has 0 saturated heterocycles. The van der Waals surface area contributed by atoms with Gasteiger partial charge >= 0.3 is 6.09 Å². The van der Waals surface area contributed by atoms with Crippen molar-refractivity contribution < 1.29 is 24.2 Å². The first-order valence-electron chi connectivity index (χ1n) is 7.69. The summed E-state index contributed by atoms with van der Waals surface area (Å²) in [5, 5.41) is 12.3. The number of methoxy groups -OCH3 is 1. The van der Waals surface area contributed by atoms with Crippen LogP contribution in [-0.4, -0.2) is 54.1 Å². The van der Waals surface area contributed by atoms with Gasteiger partial charge in [0.05, 0.1) is 6.61 Å². The molecule has 2 N–H and O–H groups in total. The van der Waals surface area contributed by atoms with Crippen molar-refractivity contribution in [3.8, 4) is 0 Å². The number of benzene rings is 1. The van der Waals surface area contributed by atoms with Crippen molar-refractivity contribution in [2.75, 3.05) is 20.4 Å². The van der Waals surface area contributed by atoms with Crippen molar-refractivity contribution in [1.29, 1.82) is 0 Å². The van der Waals surface area contributed by atoms with Crippen LogP contribution < -0.4 is 5.32 Å². The summed E-state index contributed by atoms with van der Waals surface area (Å²) in [6.45, 7) is 4.74. The summed E-state index contributed by atoms with van der Waals surface area (Å²) in [6.07, 6.45) is -0.776. The third kappa shape index (κ3) is 6.55. The quantitative estimate of drug-likeness (QED) is 0.736. The van der Waals surface area contributed by atoms with E-state index in [0.717, 1.165) is 10.5 Å². The Balaban J connectivity index is 2.77. The molecule has 7 nitrogen and oxygen atoms in total. The summed E-state index contributed by atoms with van der Waals surface area (Å²) < 4.78 is 10.2. The van der Waals surface area contributed by atoms with E-state index in [1.807, 2.05) is 30.3 Å². The molecule has 0 heterocycles. The molecule has 1 aromatic rings. The maximum absolute atomic E-state index is 12.4. The first kappa shape index (κ1) is 19.9. The lowest BCUT2D eigenvalue weighted by molar-refractivity contribution is -0.130. The average molecular weight is 338 g/mol. The second-order valence-corrected chi connectivity index (χ2v) is 6.27. The molecule has 2 amide bonds. The highest BCUT2D eigenvalue weighted by molar-refractivity contribution is 5.85. The Morgan fingerprint density at radius 3 is 2.38 bits per heavy atom. The van der Waals surface area contributed by atoms with E-state index in [-0.39, 0.29) is 6.61 Å². The zero-order valence-electron chi connectivity index (χ0n) is 14.6. The number of nitrogens with zero attached hydrogens (tertiary/aromatic N) is 1. The molecule has 0 saturated carbocycles. The van der Waals surface area contributed by atoms with Gasteiger partial charge in [0.15, 0.2) is 0 Å². The Hall–Kier alpha value is -2.12. The Morgan fingerprint density at radius 1 is 1.25 bits per heavy atom. The van der Waals surface area contributed by atoms with E-state index in [4.69, 9.17) is 9.47 Å². The van der Waals surface area contributed by atoms with Gasteiger partial charge in [0.2, 0.25) is 5.91 Å². The van der Waals surface area contributed by atoms with Gasteiger partial charge in [-0.2, -0.15) is 0 Å². The zero-order chi connectivity index (χ0) is 18.2. The number of hydrogen-bond acceptors (Lipinski definition) is 5. The number of hydrogen-bond donors (Lipinski definition) is 2. The van der Waals surface area contributed by atoms with Crippen LogP contribution in [0.4, 0.5) is 4.79 Å². The van der Waals surface area contributed by atoms with Gasteiger partial charge in [-0.25, -0.2) is 4.79 Å². The highest BCUT2D eigenvalue weighted by Crippen LogP contribution is 2.12. The molecular formula is C17H26N2O5. The molecule has 1 rings (SSSR count). The van der Waals surface area contributed by atoms with Crippen LogP contribution in [0, 0.1) is 0 Å². The molecule has 1 aromatic carbocycles. The standard InChI is InChI=1S/C17H26N2O5/c1-17(2,3)24-16(22)19(12-20)14(11-23-4)15(21)18-10-13-8-6-5-7-9-13/h5-9,14,20H,10-12H2,1-4H3,(H,18,21)/t14-/m1/s1. The Labute approximate surface area is 142 Å². The molecule has 1 atom stereocenters. The third-order valence-electron chi connectivity index (χ3n) is 3.09. The number of rotatable bonds is 7. The van der Waals surface area contributed by atoms with Gasteiger partial charge in [0, 0.05) is 13.7 Å². The van der Waals surface area contributed by atoms with Crippen molar-refractivity contribution in [1.82, 2.24) is 10.2 Å². The lowest BCUT2D eigenvalue weighted by atomic mass is 10.2. The zero-order valence-corrected chi connectivity index (χ0v) is 14.6. The topological polar surface area (TPSA) is 88.1 Å². The third-order valence-corrected chi connectivity index (χ3v) is 3.09. The first-order chi connectivity index (χ1) is 11.3. The van der Waals surface area contributed by atoms with Crippen LogP contribution in [0.15, 0.2) is 30.3 Å². The molecule has 134 valence electrons. The summed E-state index contributed by atoms with van der Waals surface area (Å²) in [4.78, 5) is 25.6. The molecule has 0 spiro atoms. The van der Waals surface area contributed by atoms with Crippen LogP contribution in [-0.2, 0) is 20.8 Å². The van der Waals surface area contributed by atoms with Gasteiger partial charge < -0.3 is 19.9 Å². The fourth-order valence-electron chi connectivity index (χ4n) is 1.97. The number of amides is 2.